The summed E-state index contributed by atoms with van der Waals surface area (Å²) in [6.45, 7) is 2.32. The van der Waals surface area contributed by atoms with Crippen LogP contribution in [0.1, 0.15) is 16.7 Å². The Hall–Kier alpha value is -3.75. The molecule has 0 N–H and O–H groups in total. The second-order valence-corrected chi connectivity index (χ2v) is 9.41. The van der Waals surface area contributed by atoms with Crippen molar-refractivity contribution in [1.29, 1.82) is 0 Å². The number of hydrogen-bond acceptors (Lipinski definition) is 6. The topological polar surface area (TPSA) is 63.9 Å². The first-order valence-electron chi connectivity index (χ1n) is 10.5. The molecular weight excluding hydrogens is 466 g/mol. The molecule has 4 aromatic rings. The van der Waals surface area contributed by atoms with Gasteiger partial charge in [0.15, 0.2) is 0 Å². The number of thioether (sulfide) groups is 1. The zero-order valence-electron chi connectivity index (χ0n) is 18.2. The van der Waals surface area contributed by atoms with Crippen LogP contribution < -0.4 is 10.3 Å². The molecule has 0 spiro atoms. The lowest BCUT2D eigenvalue weighted by molar-refractivity contribution is -0.122. The quantitative estimate of drug-likeness (QED) is 0.286. The van der Waals surface area contributed by atoms with E-state index < -0.39 is 0 Å². The number of thiocarbonyl (C=S) groups is 1. The van der Waals surface area contributed by atoms with Crippen molar-refractivity contribution in [3.05, 3.63) is 111 Å². The predicted octanol–water partition coefficient (Wildman–Crippen LogP) is 5.20. The van der Waals surface area contributed by atoms with Gasteiger partial charge in [-0.1, -0.05) is 72.5 Å². The average Bonchev–Trinajstić information content (AvgIpc) is 3.09. The van der Waals surface area contributed by atoms with E-state index in [1.807, 2.05) is 55.5 Å². The number of fused-ring (bicyclic) bond motifs is 1. The summed E-state index contributed by atoms with van der Waals surface area (Å²) in [6, 6.07) is 22.4. The van der Waals surface area contributed by atoms with E-state index in [2.05, 4.69) is 4.98 Å². The molecule has 1 amide bonds. The summed E-state index contributed by atoms with van der Waals surface area (Å²) in [5.41, 5.74) is 2.28. The van der Waals surface area contributed by atoms with Crippen LogP contribution in [0.25, 0.3) is 11.7 Å². The van der Waals surface area contributed by atoms with E-state index in [0.29, 0.717) is 27.2 Å². The standard InChI is InChI=1S/C26H19N3O3S2/c1-17-8-7-11-19(14-17)32-23-20(24(30)28-13-6-5-12-22(28)27-23)15-21-25(31)29(26(33)34-21)16-18-9-3-2-4-10-18/h2-15H,16H2,1H3/b21-15+. The predicted molar refractivity (Wildman–Crippen MR) is 138 cm³/mol. The number of ether oxygens (including phenoxy) is 1. The Morgan fingerprint density at radius 1 is 1.03 bits per heavy atom. The molecule has 1 saturated heterocycles. The van der Waals surface area contributed by atoms with Crippen LogP contribution in [-0.4, -0.2) is 24.5 Å². The highest BCUT2D eigenvalue weighted by Crippen LogP contribution is 2.35. The van der Waals surface area contributed by atoms with Gasteiger partial charge in [0.2, 0.25) is 5.88 Å². The van der Waals surface area contributed by atoms with Crippen molar-refractivity contribution in [3.63, 3.8) is 0 Å². The normalized spacial score (nSPS) is 14.9. The van der Waals surface area contributed by atoms with Crippen LogP contribution in [0.2, 0.25) is 0 Å². The van der Waals surface area contributed by atoms with Crippen molar-refractivity contribution >= 4 is 45.9 Å². The number of pyridine rings is 1. The summed E-state index contributed by atoms with van der Waals surface area (Å²) >= 11 is 6.63. The molecule has 1 aliphatic rings. The van der Waals surface area contributed by atoms with Crippen molar-refractivity contribution in [2.45, 2.75) is 13.5 Å². The van der Waals surface area contributed by atoms with Gasteiger partial charge in [-0.25, -0.2) is 0 Å². The van der Waals surface area contributed by atoms with Gasteiger partial charge in [0.25, 0.3) is 11.5 Å². The molecule has 2 aromatic carbocycles. The van der Waals surface area contributed by atoms with Gasteiger partial charge in [-0.2, -0.15) is 4.98 Å². The first kappa shape index (κ1) is 22.1. The fourth-order valence-electron chi connectivity index (χ4n) is 3.61. The van der Waals surface area contributed by atoms with Gasteiger partial charge in [0.1, 0.15) is 21.3 Å². The Balaban J connectivity index is 1.57. The summed E-state index contributed by atoms with van der Waals surface area (Å²) < 4.78 is 7.91. The molecule has 0 aliphatic carbocycles. The Morgan fingerprint density at radius 3 is 2.62 bits per heavy atom. The number of hydrogen-bond donors (Lipinski definition) is 0. The Bertz CT molecular complexity index is 1510. The van der Waals surface area contributed by atoms with Gasteiger partial charge in [-0.15, -0.1) is 0 Å². The molecule has 5 rings (SSSR count). The average molecular weight is 486 g/mol. The molecule has 168 valence electrons. The van der Waals surface area contributed by atoms with E-state index in [9.17, 15) is 9.59 Å². The molecule has 34 heavy (non-hydrogen) atoms. The Labute approximate surface area is 205 Å². The molecule has 2 aromatic heterocycles. The first-order valence-corrected chi connectivity index (χ1v) is 11.8. The molecule has 1 fully saturated rings. The third kappa shape index (κ3) is 4.37. The van der Waals surface area contributed by atoms with Gasteiger partial charge >= 0.3 is 0 Å². The van der Waals surface area contributed by atoms with Crippen molar-refractivity contribution < 1.29 is 9.53 Å². The van der Waals surface area contributed by atoms with E-state index in [-0.39, 0.29) is 22.9 Å². The molecule has 3 heterocycles. The van der Waals surface area contributed by atoms with Gasteiger partial charge in [0, 0.05) is 6.20 Å². The first-order chi connectivity index (χ1) is 16.5. The van der Waals surface area contributed by atoms with Crippen LogP contribution >= 0.6 is 24.0 Å². The van der Waals surface area contributed by atoms with Crippen molar-refractivity contribution in [2.24, 2.45) is 0 Å². The maximum absolute atomic E-state index is 13.4. The van der Waals surface area contributed by atoms with E-state index in [4.69, 9.17) is 17.0 Å². The number of aryl methyl sites for hydroxylation is 1. The molecule has 0 radical (unpaired) electrons. The molecule has 0 unspecified atom stereocenters. The lowest BCUT2D eigenvalue weighted by Crippen LogP contribution is -2.27. The van der Waals surface area contributed by atoms with Crippen molar-refractivity contribution in [3.8, 4) is 11.6 Å². The zero-order chi connectivity index (χ0) is 23.7. The summed E-state index contributed by atoms with van der Waals surface area (Å²) in [5.74, 6) is 0.437. The number of aromatic nitrogens is 2. The monoisotopic (exact) mass is 485 g/mol. The number of nitrogens with zero attached hydrogens (tertiary/aromatic N) is 3. The Kier molecular flexibility index (Phi) is 6.00. The summed E-state index contributed by atoms with van der Waals surface area (Å²) in [7, 11) is 0. The molecule has 6 nitrogen and oxygen atoms in total. The van der Waals surface area contributed by atoms with Gasteiger partial charge < -0.3 is 4.74 Å². The molecular formula is C26H19N3O3S2. The van der Waals surface area contributed by atoms with Crippen LogP contribution in [0, 0.1) is 6.92 Å². The van der Waals surface area contributed by atoms with Crippen LogP contribution in [0.4, 0.5) is 0 Å². The van der Waals surface area contributed by atoms with E-state index in [1.54, 1.807) is 30.5 Å². The fraction of sp³-hybridized carbons (Fsp3) is 0.0769. The molecule has 0 atom stereocenters. The molecule has 0 bridgehead atoms. The maximum Gasteiger partial charge on any atom is 0.269 e. The zero-order valence-corrected chi connectivity index (χ0v) is 19.8. The molecule has 8 heteroatoms. The SMILES string of the molecule is Cc1cccc(Oc2nc3ccccn3c(=O)c2/C=C2/SC(=S)N(Cc3ccccc3)C2=O)c1. The Morgan fingerprint density at radius 2 is 1.82 bits per heavy atom. The third-order valence-electron chi connectivity index (χ3n) is 5.27. The largest absolute Gasteiger partial charge is 0.438 e. The van der Waals surface area contributed by atoms with Crippen LogP contribution in [0.3, 0.4) is 0 Å². The van der Waals surface area contributed by atoms with Crippen LogP contribution in [0.5, 0.6) is 11.6 Å². The van der Waals surface area contributed by atoms with Gasteiger partial charge in [0.05, 0.1) is 11.4 Å². The van der Waals surface area contributed by atoms with Crippen molar-refractivity contribution in [1.82, 2.24) is 14.3 Å². The summed E-state index contributed by atoms with van der Waals surface area (Å²) in [6.07, 6.45) is 3.17. The number of benzene rings is 2. The number of amides is 1. The third-order valence-corrected chi connectivity index (χ3v) is 6.65. The smallest absolute Gasteiger partial charge is 0.269 e. The highest BCUT2D eigenvalue weighted by atomic mass is 32.2. The fourth-order valence-corrected chi connectivity index (χ4v) is 4.84. The molecule has 0 saturated carbocycles. The van der Waals surface area contributed by atoms with Crippen molar-refractivity contribution in [2.75, 3.05) is 0 Å². The number of carbonyl (C=O) groups excluding carboxylic acids is 1. The minimum absolute atomic E-state index is 0.134. The minimum Gasteiger partial charge on any atom is -0.438 e. The van der Waals surface area contributed by atoms with Gasteiger partial charge in [-0.05, 0) is 48.4 Å². The maximum atomic E-state index is 13.4. The number of rotatable bonds is 5. The summed E-state index contributed by atoms with van der Waals surface area (Å²) in [5, 5.41) is 0. The molecule has 1 aliphatic heterocycles. The second-order valence-electron chi connectivity index (χ2n) is 7.74. The summed E-state index contributed by atoms with van der Waals surface area (Å²) in [4.78, 5) is 33.0. The van der Waals surface area contributed by atoms with Crippen LogP contribution in [0.15, 0.2) is 88.7 Å². The number of carbonyl (C=O) groups is 1. The van der Waals surface area contributed by atoms with E-state index >= 15 is 0 Å². The lowest BCUT2D eigenvalue weighted by Gasteiger charge is -2.14. The van der Waals surface area contributed by atoms with E-state index in [1.165, 1.54) is 15.4 Å². The second kappa shape index (κ2) is 9.24. The lowest BCUT2D eigenvalue weighted by atomic mass is 10.2. The highest BCUT2D eigenvalue weighted by Gasteiger charge is 2.32. The van der Waals surface area contributed by atoms with E-state index in [0.717, 1.165) is 22.9 Å². The highest BCUT2D eigenvalue weighted by molar-refractivity contribution is 8.26. The minimum atomic E-state index is -0.332. The van der Waals surface area contributed by atoms with Crippen LogP contribution in [-0.2, 0) is 11.3 Å². The van der Waals surface area contributed by atoms with Gasteiger partial charge in [-0.3, -0.25) is 18.9 Å².